The fraction of sp³-hybridized carbons (Fsp3) is 0.409. The van der Waals surface area contributed by atoms with E-state index in [9.17, 15) is 13.2 Å². The molecule has 6 heteroatoms. The summed E-state index contributed by atoms with van der Waals surface area (Å²) in [6.07, 6.45) is 0.819. The van der Waals surface area contributed by atoms with Crippen LogP contribution in [0.1, 0.15) is 43.5 Å². The number of sulfonamides is 1. The zero-order valence-electron chi connectivity index (χ0n) is 16.6. The molecule has 5 nitrogen and oxygen atoms in total. The third-order valence-electron chi connectivity index (χ3n) is 5.78. The average molecular weight is 399 g/mol. The molecule has 148 valence electrons. The fourth-order valence-electron chi connectivity index (χ4n) is 4.11. The topological polar surface area (TPSA) is 57.7 Å². The molecule has 2 aliphatic heterocycles. The monoisotopic (exact) mass is 398 g/mol. The number of carbonyl (C=O) groups excluding carboxylic acids is 1. The molecule has 0 aromatic heterocycles. The Hall–Kier alpha value is -2.18. The highest BCUT2D eigenvalue weighted by Crippen LogP contribution is 2.35. The number of piperazine rings is 1. The maximum Gasteiger partial charge on any atom is 0.243 e. The van der Waals surface area contributed by atoms with Gasteiger partial charge in [0.1, 0.15) is 0 Å². The molecule has 2 heterocycles. The Labute approximate surface area is 167 Å². The van der Waals surface area contributed by atoms with Crippen LogP contribution in [0, 0.1) is 0 Å². The van der Waals surface area contributed by atoms with Gasteiger partial charge >= 0.3 is 0 Å². The SMILES string of the molecule is CC(C)(C)c1ccc(S(=O)(=O)N2CC(=O)N3CCc4ccccc4C3C2)cc1. The van der Waals surface area contributed by atoms with Crippen molar-refractivity contribution >= 4 is 15.9 Å². The highest BCUT2D eigenvalue weighted by Gasteiger charge is 2.41. The van der Waals surface area contributed by atoms with Crippen LogP contribution >= 0.6 is 0 Å². The molecule has 1 fully saturated rings. The van der Waals surface area contributed by atoms with Crippen molar-refractivity contribution in [3.8, 4) is 0 Å². The number of carbonyl (C=O) groups is 1. The Bertz CT molecular complexity index is 1010. The highest BCUT2D eigenvalue weighted by atomic mass is 32.2. The van der Waals surface area contributed by atoms with Gasteiger partial charge in [0.25, 0.3) is 0 Å². The van der Waals surface area contributed by atoms with Gasteiger partial charge < -0.3 is 4.90 Å². The molecular weight excluding hydrogens is 372 g/mol. The molecule has 2 aromatic rings. The average Bonchev–Trinajstić information content (AvgIpc) is 2.67. The van der Waals surface area contributed by atoms with Crippen LogP contribution in [-0.2, 0) is 26.7 Å². The lowest BCUT2D eigenvalue weighted by Crippen LogP contribution is -2.55. The molecular formula is C22H26N2O3S. The smallest absolute Gasteiger partial charge is 0.243 e. The maximum absolute atomic E-state index is 13.2. The van der Waals surface area contributed by atoms with Gasteiger partial charge in [0.05, 0.1) is 17.5 Å². The molecule has 1 amide bonds. The standard InChI is InChI=1S/C22H26N2O3S/c1-22(2,3)17-8-10-18(11-9-17)28(26,27)23-14-20-19-7-5-4-6-16(19)12-13-24(20)21(25)15-23/h4-11,20H,12-15H2,1-3H3. The van der Waals surface area contributed by atoms with Crippen molar-refractivity contribution in [3.63, 3.8) is 0 Å². The molecule has 0 spiro atoms. The van der Waals surface area contributed by atoms with E-state index in [1.807, 2.05) is 35.2 Å². The largest absolute Gasteiger partial charge is 0.333 e. The van der Waals surface area contributed by atoms with Crippen LogP contribution in [0.25, 0.3) is 0 Å². The van der Waals surface area contributed by atoms with Crippen molar-refractivity contribution in [2.75, 3.05) is 19.6 Å². The van der Waals surface area contributed by atoms with E-state index in [0.717, 1.165) is 17.5 Å². The van der Waals surface area contributed by atoms with Gasteiger partial charge in [0.15, 0.2) is 0 Å². The summed E-state index contributed by atoms with van der Waals surface area (Å²) in [5.41, 5.74) is 3.29. The van der Waals surface area contributed by atoms with E-state index in [-0.39, 0.29) is 28.8 Å². The molecule has 0 N–H and O–H groups in total. The Balaban J connectivity index is 1.65. The van der Waals surface area contributed by atoms with Crippen molar-refractivity contribution in [1.29, 1.82) is 0 Å². The molecule has 2 aromatic carbocycles. The zero-order valence-corrected chi connectivity index (χ0v) is 17.4. The summed E-state index contributed by atoms with van der Waals surface area (Å²) in [7, 11) is -3.72. The van der Waals surface area contributed by atoms with E-state index in [2.05, 4.69) is 26.8 Å². The summed E-state index contributed by atoms with van der Waals surface area (Å²) < 4.78 is 27.8. The van der Waals surface area contributed by atoms with Gasteiger partial charge in [0.2, 0.25) is 15.9 Å². The van der Waals surface area contributed by atoms with Gasteiger partial charge in [-0.15, -0.1) is 0 Å². The lowest BCUT2D eigenvalue weighted by molar-refractivity contribution is -0.138. The first kappa shape index (κ1) is 19.2. The minimum atomic E-state index is -3.72. The predicted octanol–water partition coefficient (Wildman–Crippen LogP) is 3.11. The van der Waals surface area contributed by atoms with Crippen LogP contribution in [0.4, 0.5) is 0 Å². The van der Waals surface area contributed by atoms with Crippen LogP contribution < -0.4 is 0 Å². The molecule has 0 bridgehead atoms. The molecule has 1 atom stereocenters. The van der Waals surface area contributed by atoms with E-state index in [1.165, 1.54) is 9.87 Å². The van der Waals surface area contributed by atoms with E-state index in [0.29, 0.717) is 13.1 Å². The van der Waals surface area contributed by atoms with Crippen LogP contribution in [0.5, 0.6) is 0 Å². The van der Waals surface area contributed by atoms with Crippen molar-refractivity contribution in [3.05, 3.63) is 65.2 Å². The van der Waals surface area contributed by atoms with Gasteiger partial charge in [0, 0.05) is 13.1 Å². The fourth-order valence-corrected chi connectivity index (χ4v) is 5.50. The number of amides is 1. The Morgan fingerprint density at radius 3 is 2.36 bits per heavy atom. The summed E-state index contributed by atoms with van der Waals surface area (Å²) in [6, 6.07) is 14.8. The van der Waals surface area contributed by atoms with Crippen LogP contribution in [0.3, 0.4) is 0 Å². The lowest BCUT2D eigenvalue weighted by Gasteiger charge is -2.44. The van der Waals surface area contributed by atoms with Crippen molar-refractivity contribution in [1.82, 2.24) is 9.21 Å². The highest BCUT2D eigenvalue weighted by molar-refractivity contribution is 7.89. The number of benzene rings is 2. The van der Waals surface area contributed by atoms with Crippen molar-refractivity contribution in [2.24, 2.45) is 0 Å². The summed E-state index contributed by atoms with van der Waals surface area (Å²) in [5.74, 6) is -0.124. The number of hydrogen-bond donors (Lipinski definition) is 0. The third-order valence-corrected chi connectivity index (χ3v) is 7.60. The van der Waals surface area contributed by atoms with Gasteiger partial charge in [-0.2, -0.15) is 4.31 Å². The van der Waals surface area contributed by atoms with Crippen molar-refractivity contribution in [2.45, 2.75) is 43.5 Å². The molecule has 4 rings (SSSR count). The second-order valence-electron chi connectivity index (χ2n) is 8.62. The Morgan fingerprint density at radius 1 is 1.00 bits per heavy atom. The molecule has 28 heavy (non-hydrogen) atoms. The number of fused-ring (bicyclic) bond motifs is 3. The summed E-state index contributed by atoms with van der Waals surface area (Å²) in [6.45, 7) is 7.13. The third kappa shape index (κ3) is 3.25. The first-order chi connectivity index (χ1) is 13.2. The summed E-state index contributed by atoms with van der Waals surface area (Å²) >= 11 is 0. The zero-order chi connectivity index (χ0) is 20.1. The number of nitrogens with zero attached hydrogens (tertiary/aromatic N) is 2. The summed E-state index contributed by atoms with van der Waals surface area (Å²) in [5, 5.41) is 0. The van der Waals surface area contributed by atoms with Gasteiger partial charge in [-0.3, -0.25) is 4.79 Å². The minimum Gasteiger partial charge on any atom is -0.333 e. The van der Waals surface area contributed by atoms with Crippen LogP contribution in [0.15, 0.2) is 53.4 Å². The predicted molar refractivity (Wildman–Crippen MR) is 109 cm³/mol. The van der Waals surface area contributed by atoms with Gasteiger partial charge in [-0.25, -0.2) is 8.42 Å². The van der Waals surface area contributed by atoms with E-state index in [1.54, 1.807) is 12.1 Å². The van der Waals surface area contributed by atoms with E-state index in [4.69, 9.17) is 0 Å². The lowest BCUT2D eigenvalue weighted by atomic mass is 9.87. The molecule has 1 unspecified atom stereocenters. The minimum absolute atomic E-state index is 0.0459. The molecule has 1 saturated heterocycles. The van der Waals surface area contributed by atoms with Gasteiger partial charge in [-0.05, 0) is 40.7 Å². The molecule has 2 aliphatic rings. The molecule has 0 saturated carbocycles. The Morgan fingerprint density at radius 2 is 1.68 bits per heavy atom. The molecule has 0 aliphatic carbocycles. The van der Waals surface area contributed by atoms with Crippen molar-refractivity contribution < 1.29 is 13.2 Å². The van der Waals surface area contributed by atoms with Crippen LogP contribution in [0.2, 0.25) is 0 Å². The number of rotatable bonds is 2. The molecule has 0 radical (unpaired) electrons. The first-order valence-corrected chi connectivity index (χ1v) is 11.1. The normalized spacial score (nSPS) is 20.6. The van der Waals surface area contributed by atoms with E-state index >= 15 is 0 Å². The Kier molecular flexibility index (Phi) is 4.59. The summed E-state index contributed by atoms with van der Waals surface area (Å²) in [4.78, 5) is 14.8. The van der Waals surface area contributed by atoms with Gasteiger partial charge in [-0.1, -0.05) is 57.2 Å². The second-order valence-corrected chi connectivity index (χ2v) is 10.6. The maximum atomic E-state index is 13.2. The quantitative estimate of drug-likeness (QED) is 0.781. The first-order valence-electron chi connectivity index (χ1n) is 9.66. The number of hydrogen-bond acceptors (Lipinski definition) is 3. The van der Waals surface area contributed by atoms with Crippen LogP contribution in [-0.4, -0.2) is 43.2 Å². The van der Waals surface area contributed by atoms with E-state index < -0.39 is 10.0 Å². The second kappa shape index (κ2) is 6.71.